The molecule has 1 aliphatic heterocycles. The van der Waals surface area contributed by atoms with Crippen LogP contribution in [0.2, 0.25) is 0 Å². The summed E-state index contributed by atoms with van der Waals surface area (Å²) in [5.74, 6) is 0. The van der Waals surface area contributed by atoms with Crippen molar-refractivity contribution < 1.29 is 18.0 Å². The molecule has 3 nitrogen and oxygen atoms in total. The fraction of sp³-hybridized carbons (Fsp3) is 0.600. The molecule has 0 aromatic carbocycles. The number of rotatable bonds is 0. The summed E-state index contributed by atoms with van der Waals surface area (Å²) in [6.45, 7) is 0.849. The molecule has 1 unspecified atom stereocenters. The van der Waals surface area contributed by atoms with Gasteiger partial charge >= 0.3 is 12.2 Å². The molecule has 0 radical (unpaired) electrons. The number of nitrogens with one attached hydrogen (secondary N) is 1. The molecular weight excluding hydrogens is 161 g/mol. The van der Waals surface area contributed by atoms with Crippen molar-refractivity contribution in [3.8, 4) is 0 Å². The lowest BCUT2D eigenvalue weighted by atomic mass is 10.1. The maximum atomic E-state index is 12.0. The van der Waals surface area contributed by atoms with Crippen LogP contribution in [0.3, 0.4) is 0 Å². The van der Waals surface area contributed by atoms with E-state index in [4.69, 9.17) is 0 Å². The summed E-state index contributed by atoms with van der Waals surface area (Å²) >= 11 is 0. The van der Waals surface area contributed by atoms with E-state index in [0.29, 0.717) is 6.21 Å². The molecule has 0 fully saturated rings. The first-order chi connectivity index (χ1) is 4.85. The van der Waals surface area contributed by atoms with Crippen molar-refractivity contribution in [3.63, 3.8) is 0 Å². The number of aliphatic imine (C=N–C) groups is 1. The second-order valence-electron chi connectivity index (χ2n) is 2.39. The van der Waals surface area contributed by atoms with Gasteiger partial charge in [-0.15, -0.1) is 0 Å². The number of nitrogens with zero attached hydrogens (tertiary/aromatic N) is 1. The molecule has 1 aliphatic rings. The number of halogens is 3. The van der Waals surface area contributed by atoms with Crippen molar-refractivity contribution in [1.82, 2.24) is 5.32 Å². The Hall–Kier alpha value is -1.07. The predicted molar refractivity (Wildman–Crippen MR) is 31.5 cm³/mol. The third-order valence-electron chi connectivity index (χ3n) is 1.40. The number of hydrogen-bond donors (Lipinski definition) is 1. The van der Waals surface area contributed by atoms with Gasteiger partial charge in [0.05, 0.1) is 0 Å². The zero-order valence-electron chi connectivity index (χ0n) is 5.57. The van der Waals surface area contributed by atoms with Gasteiger partial charge in [0, 0.05) is 6.21 Å². The Labute approximate surface area is 60.3 Å². The second-order valence-corrected chi connectivity index (χ2v) is 2.39. The van der Waals surface area contributed by atoms with Crippen LogP contribution in [-0.4, -0.2) is 24.0 Å². The molecule has 1 atom stereocenters. The molecule has 0 saturated carbocycles. The number of alkyl halides is 3. The largest absolute Gasteiger partial charge is 0.416 e. The van der Waals surface area contributed by atoms with Crippen molar-refractivity contribution in [3.05, 3.63) is 0 Å². The standard InChI is InChI=1S/C5H5F3N2O/c1-4(5(6,7)8)2-9-3(11)10-4/h2H,1H3,(H,10,11). The third-order valence-corrected chi connectivity index (χ3v) is 1.40. The van der Waals surface area contributed by atoms with Gasteiger partial charge in [-0.05, 0) is 6.92 Å². The summed E-state index contributed by atoms with van der Waals surface area (Å²) in [4.78, 5) is 13.3. The van der Waals surface area contributed by atoms with E-state index < -0.39 is 17.7 Å². The lowest BCUT2D eigenvalue weighted by Gasteiger charge is -2.23. The Kier molecular flexibility index (Phi) is 1.43. The predicted octanol–water partition coefficient (Wildman–Crippen LogP) is 1.10. The second kappa shape index (κ2) is 1.96. The molecule has 62 valence electrons. The van der Waals surface area contributed by atoms with Crippen molar-refractivity contribution in [2.24, 2.45) is 4.99 Å². The lowest BCUT2D eigenvalue weighted by molar-refractivity contribution is -0.164. The molecule has 1 heterocycles. The SMILES string of the molecule is CC1(C(F)(F)F)C=NC(=O)N1. The maximum Gasteiger partial charge on any atom is 0.416 e. The zero-order chi connectivity index (χ0) is 8.70. The number of carbonyl (C=O) groups excluding carboxylic acids is 1. The monoisotopic (exact) mass is 166 g/mol. The normalized spacial score (nSPS) is 30.7. The molecular formula is C5H5F3N2O. The van der Waals surface area contributed by atoms with Crippen LogP contribution in [0.25, 0.3) is 0 Å². The summed E-state index contributed by atoms with van der Waals surface area (Å²) < 4.78 is 36.0. The van der Waals surface area contributed by atoms with E-state index >= 15 is 0 Å². The first-order valence-electron chi connectivity index (χ1n) is 2.79. The number of hydrogen-bond acceptors (Lipinski definition) is 1. The van der Waals surface area contributed by atoms with E-state index in [-0.39, 0.29) is 0 Å². The first-order valence-corrected chi connectivity index (χ1v) is 2.79. The minimum absolute atomic E-state index is 0.565. The van der Waals surface area contributed by atoms with Crippen LogP contribution in [0.15, 0.2) is 4.99 Å². The summed E-state index contributed by atoms with van der Waals surface area (Å²) in [5.41, 5.74) is -2.29. The van der Waals surface area contributed by atoms with Crippen molar-refractivity contribution in [1.29, 1.82) is 0 Å². The van der Waals surface area contributed by atoms with Crippen LogP contribution in [0, 0.1) is 0 Å². The van der Waals surface area contributed by atoms with Gasteiger partial charge in [0.2, 0.25) is 0 Å². The lowest BCUT2D eigenvalue weighted by Crippen LogP contribution is -2.53. The average Bonchev–Trinajstić information content (AvgIpc) is 2.10. The highest BCUT2D eigenvalue weighted by atomic mass is 19.4. The molecule has 0 spiro atoms. The van der Waals surface area contributed by atoms with E-state index in [9.17, 15) is 18.0 Å². The first kappa shape index (κ1) is 8.03. The topological polar surface area (TPSA) is 41.5 Å². The molecule has 0 aromatic rings. The highest BCUT2D eigenvalue weighted by molar-refractivity contribution is 5.95. The molecule has 11 heavy (non-hydrogen) atoms. The molecule has 1 rings (SSSR count). The van der Waals surface area contributed by atoms with Gasteiger partial charge in [0.1, 0.15) is 0 Å². The quantitative estimate of drug-likeness (QED) is 0.575. The highest BCUT2D eigenvalue weighted by Gasteiger charge is 2.53. The summed E-state index contributed by atoms with van der Waals surface area (Å²) in [6.07, 6.45) is -3.92. The number of carbonyl (C=O) groups is 1. The van der Waals surface area contributed by atoms with E-state index in [0.717, 1.165) is 6.92 Å². The van der Waals surface area contributed by atoms with Crippen LogP contribution in [0.5, 0.6) is 0 Å². The summed E-state index contributed by atoms with van der Waals surface area (Å²) in [5, 5.41) is 1.68. The van der Waals surface area contributed by atoms with E-state index in [1.54, 1.807) is 5.32 Å². The Bertz CT molecular complexity index is 222. The van der Waals surface area contributed by atoms with Gasteiger partial charge < -0.3 is 5.32 Å². The maximum absolute atomic E-state index is 12.0. The van der Waals surface area contributed by atoms with Gasteiger partial charge in [-0.1, -0.05) is 0 Å². The smallest absolute Gasteiger partial charge is 0.318 e. The minimum atomic E-state index is -4.48. The fourth-order valence-corrected chi connectivity index (χ4v) is 0.618. The van der Waals surface area contributed by atoms with Gasteiger partial charge in [0.25, 0.3) is 0 Å². The third kappa shape index (κ3) is 1.20. The van der Waals surface area contributed by atoms with Crippen LogP contribution in [-0.2, 0) is 0 Å². The Morgan fingerprint density at radius 3 is 2.36 bits per heavy atom. The Morgan fingerprint density at radius 1 is 1.64 bits per heavy atom. The fourth-order valence-electron chi connectivity index (χ4n) is 0.618. The van der Waals surface area contributed by atoms with Gasteiger partial charge in [-0.25, -0.2) is 9.79 Å². The van der Waals surface area contributed by atoms with Crippen LogP contribution in [0.1, 0.15) is 6.92 Å². The van der Waals surface area contributed by atoms with E-state index in [2.05, 4.69) is 4.99 Å². The zero-order valence-corrected chi connectivity index (χ0v) is 5.57. The molecule has 2 amide bonds. The van der Waals surface area contributed by atoms with E-state index in [1.807, 2.05) is 0 Å². The molecule has 0 aromatic heterocycles. The Balaban J connectivity index is 2.88. The molecule has 6 heteroatoms. The number of amides is 2. The summed E-state index contributed by atoms with van der Waals surface area (Å²) in [7, 11) is 0. The molecule has 0 aliphatic carbocycles. The van der Waals surface area contributed by atoms with Crippen LogP contribution < -0.4 is 5.32 Å². The van der Waals surface area contributed by atoms with Gasteiger partial charge in [-0.3, -0.25) is 0 Å². The van der Waals surface area contributed by atoms with E-state index in [1.165, 1.54) is 0 Å². The summed E-state index contributed by atoms with van der Waals surface area (Å²) in [6, 6.07) is -0.954. The van der Waals surface area contributed by atoms with Crippen LogP contribution >= 0.6 is 0 Å². The van der Waals surface area contributed by atoms with Crippen molar-refractivity contribution >= 4 is 12.2 Å². The van der Waals surface area contributed by atoms with Crippen molar-refractivity contribution in [2.45, 2.75) is 18.6 Å². The molecule has 0 bridgehead atoms. The highest BCUT2D eigenvalue weighted by Crippen LogP contribution is 2.30. The average molecular weight is 166 g/mol. The minimum Gasteiger partial charge on any atom is -0.318 e. The van der Waals surface area contributed by atoms with Gasteiger partial charge in [0.15, 0.2) is 5.54 Å². The molecule has 0 saturated heterocycles. The van der Waals surface area contributed by atoms with Gasteiger partial charge in [-0.2, -0.15) is 13.2 Å². The number of urea groups is 1. The molecule has 1 N–H and O–H groups in total. The Morgan fingerprint density at radius 2 is 2.18 bits per heavy atom. The van der Waals surface area contributed by atoms with Crippen LogP contribution in [0.4, 0.5) is 18.0 Å². The van der Waals surface area contributed by atoms with Crippen molar-refractivity contribution in [2.75, 3.05) is 0 Å².